The summed E-state index contributed by atoms with van der Waals surface area (Å²) in [4.78, 5) is 26.6. The van der Waals surface area contributed by atoms with Crippen molar-refractivity contribution in [1.82, 2.24) is 4.98 Å². The fourth-order valence-corrected chi connectivity index (χ4v) is 2.23. The van der Waals surface area contributed by atoms with E-state index in [4.69, 9.17) is 0 Å². The first kappa shape index (κ1) is 13.9. The Morgan fingerprint density at radius 3 is 2.36 bits per heavy atom. The lowest BCUT2D eigenvalue weighted by Gasteiger charge is -2.02. The number of hydrogen-bond acceptors (Lipinski definition) is 3. The van der Waals surface area contributed by atoms with Gasteiger partial charge in [-0.2, -0.15) is 0 Å². The van der Waals surface area contributed by atoms with Crippen LogP contribution in [0.2, 0.25) is 0 Å². The Kier molecular flexibility index (Phi) is 3.39. The number of H-pyrrole nitrogens is 1. The number of aromatic amines is 1. The summed E-state index contributed by atoms with van der Waals surface area (Å²) in [6, 6.07) is 13.1. The van der Waals surface area contributed by atoms with Gasteiger partial charge in [-0.05, 0) is 55.5 Å². The summed E-state index contributed by atoms with van der Waals surface area (Å²) in [6.07, 6.45) is 0. The molecule has 5 heteroatoms. The Labute approximate surface area is 126 Å². The maximum atomic E-state index is 12.1. The number of carbonyl (C=O) groups excluding carboxylic acids is 2. The third-order valence-electron chi connectivity index (χ3n) is 3.40. The fraction of sp³-hybridized carbons (Fsp3) is 0.0588. The molecule has 5 nitrogen and oxygen atoms in total. The van der Waals surface area contributed by atoms with E-state index in [1.54, 1.807) is 30.3 Å². The van der Waals surface area contributed by atoms with Gasteiger partial charge in [0.05, 0.1) is 0 Å². The number of rotatable bonds is 3. The number of phenols is 1. The lowest BCUT2D eigenvalue weighted by Crippen LogP contribution is -2.11. The molecule has 0 aliphatic rings. The van der Waals surface area contributed by atoms with Crippen molar-refractivity contribution in [3.05, 3.63) is 59.7 Å². The number of nitrogens with one attached hydrogen (secondary N) is 2. The van der Waals surface area contributed by atoms with Gasteiger partial charge in [0, 0.05) is 22.0 Å². The Morgan fingerprint density at radius 2 is 1.68 bits per heavy atom. The molecule has 110 valence electrons. The predicted octanol–water partition coefficient (Wildman–Crippen LogP) is 3.33. The summed E-state index contributed by atoms with van der Waals surface area (Å²) in [5.41, 5.74) is 1.91. The van der Waals surface area contributed by atoms with Gasteiger partial charge in [-0.1, -0.05) is 0 Å². The number of carbonyl (C=O) groups is 2. The van der Waals surface area contributed by atoms with Crippen LogP contribution in [0, 0.1) is 0 Å². The van der Waals surface area contributed by atoms with Crippen LogP contribution < -0.4 is 5.32 Å². The lowest BCUT2D eigenvalue weighted by atomic mass is 10.1. The zero-order valence-corrected chi connectivity index (χ0v) is 11.9. The molecule has 0 atom stereocenters. The molecule has 3 N–H and O–H groups in total. The summed E-state index contributed by atoms with van der Waals surface area (Å²) in [5, 5.41) is 12.8. The van der Waals surface area contributed by atoms with Gasteiger partial charge in [-0.25, -0.2) is 0 Å². The molecule has 1 heterocycles. The van der Waals surface area contributed by atoms with Gasteiger partial charge in [-0.15, -0.1) is 0 Å². The molecule has 22 heavy (non-hydrogen) atoms. The quantitative estimate of drug-likeness (QED) is 0.648. The number of ketones is 1. The summed E-state index contributed by atoms with van der Waals surface area (Å²) in [5.74, 6) is 0.379. The molecule has 0 aliphatic heterocycles. The van der Waals surface area contributed by atoms with Crippen molar-refractivity contribution in [3.63, 3.8) is 0 Å². The van der Waals surface area contributed by atoms with E-state index in [1.165, 1.54) is 19.1 Å². The third-order valence-corrected chi connectivity index (χ3v) is 3.40. The van der Waals surface area contributed by atoms with Crippen molar-refractivity contribution in [1.29, 1.82) is 0 Å². The monoisotopic (exact) mass is 294 g/mol. The Balaban J connectivity index is 1.86. The molecule has 0 unspecified atom stereocenters. The van der Waals surface area contributed by atoms with E-state index in [2.05, 4.69) is 10.3 Å². The standard InChI is InChI=1S/C17H14N2O3/c1-10(20)12-4-7-15-13(8-12)9-16(18-15)19-17(22)11-2-5-14(21)6-3-11/h2-9,18,21H,1H3,(H,19,22). The van der Waals surface area contributed by atoms with Gasteiger partial charge >= 0.3 is 0 Å². The second-order valence-corrected chi connectivity index (χ2v) is 5.04. The highest BCUT2D eigenvalue weighted by molar-refractivity contribution is 6.05. The second-order valence-electron chi connectivity index (χ2n) is 5.04. The summed E-state index contributed by atoms with van der Waals surface area (Å²) >= 11 is 0. The SMILES string of the molecule is CC(=O)c1ccc2[nH]c(NC(=O)c3ccc(O)cc3)cc2c1. The fourth-order valence-electron chi connectivity index (χ4n) is 2.23. The van der Waals surface area contributed by atoms with Gasteiger partial charge in [0.2, 0.25) is 0 Å². The highest BCUT2D eigenvalue weighted by Gasteiger charge is 2.09. The number of aromatic hydroxyl groups is 1. The van der Waals surface area contributed by atoms with Crippen LogP contribution in [0.1, 0.15) is 27.6 Å². The first-order valence-corrected chi connectivity index (χ1v) is 6.77. The topological polar surface area (TPSA) is 82.2 Å². The van der Waals surface area contributed by atoms with Crippen molar-refractivity contribution in [3.8, 4) is 5.75 Å². The maximum absolute atomic E-state index is 12.1. The van der Waals surface area contributed by atoms with Gasteiger partial charge in [0.25, 0.3) is 5.91 Å². The van der Waals surface area contributed by atoms with Crippen LogP contribution in [0.5, 0.6) is 5.75 Å². The number of amides is 1. The van der Waals surface area contributed by atoms with E-state index in [0.717, 1.165) is 10.9 Å². The van der Waals surface area contributed by atoms with Gasteiger partial charge in [0.1, 0.15) is 11.6 Å². The summed E-state index contributed by atoms with van der Waals surface area (Å²) < 4.78 is 0. The maximum Gasteiger partial charge on any atom is 0.256 e. The molecule has 0 saturated heterocycles. The van der Waals surface area contributed by atoms with E-state index in [0.29, 0.717) is 16.9 Å². The molecule has 0 radical (unpaired) electrons. The molecule has 3 rings (SSSR count). The predicted molar refractivity (Wildman–Crippen MR) is 84.4 cm³/mol. The van der Waals surface area contributed by atoms with Crippen molar-refractivity contribution in [2.45, 2.75) is 6.92 Å². The highest BCUT2D eigenvalue weighted by Crippen LogP contribution is 2.21. The molecule has 0 bridgehead atoms. The lowest BCUT2D eigenvalue weighted by molar-refractivity contribution is 0.101. The van der Waals surface area contributed by atoms with Crippen molar-refractivity contribution >= 4 is 28.4 Å². The van der Waals surface area contributed by atoms with Crippen LogP contribution in [0.15, 0.2) is 48.5 Å². The largest absolute Gasteiger partial charge is 0.508 e. The normalized spacial score (nSPS) is 10.6. The average molecular weight is 294 g/mol. The minimum Gasteiger partial charge on any atom is -0.508 e. The molecule has 3 aromatic rings. The Hall–Kier alpha value is -3.08. The number of anilines is 1. The number of benzene rings is 2. The molecule has 1 amide bonds. The smallest absolute Gasteiger partial charge is 0.256 e. The molecule has 2 aromatic carbocycles. The van der Waals surface area contributed by atoms with Gasteiger partial charge in [-0.3, -0.25) is 9.59 Å². The number of aromatic nitrogens is 1. The van der Waals surface area contributed by atoms with Crippen LogP contribution in [0.3, 0.4) is 0 Å². The van der Waals surface area contributed by atoms with Crippen molar-refractivity contribution in [2.75, 3.05) is 5.32 Å². The van der Waals surface area contributed by atoms with Crippen LogP contribution in [0.25, 0.3) is 10.9 Å². The number of Topliss-reactive ketones (excluding diaryl/α,β-unsaturated/α-hetero) is 1. The Morgan fingerprint density at radius 1 is 1.00 bits per heavy atom. The zero-order chi connectivity index (χ0) is 15.7. The van der Waals surface area contributed by atoms with E-state index >= 15 is 0 Å². The minimum atomic E-state index is -0.279. The van der Waals surface area contributed by atoms with Crippen LogP contribution >= 0.6 is 0 Å². The van der Waals surface area contributed by atoms with Crippen LogP contribution in [-0.4, -0.2) is 21.8 Å². The number of fused-ring (bicyclic) bond motifs is 1. The first-order chi connectivity index (χ1) is 10.5. The molecule has 0 fully saturated rings. The molecule has 0 spiro atoms. The first-order valence-electron chi connectivity index (χ1n) is 6.77. The van der Waals surface area contributed by atoms with E-state index in [9.17, 15) is 14.7 Å². The Bertz CT molecular complexity index is 863. The summed E-state index contributed by atoms with van der Waals surface area (Å²) in [7, 11) is 0. The van der Waals surface area contributed by atoms with E-state index < -0.39 is 0 Å². The molecule has 1 aromatic heterocycles. The zero-order valence-electron chi connectivity index (χ0n) is 11.9. The number of phenolic OH excluding ortho intramolecular Hbond substituents is 1. The van der Waals surface area contributed by atoms with Crippen molar-refractivity contribution in [2.24, 2.45) is 0 Å². The molecular formula is C17H14N2O3. The second kappa shape index (κ2) is 5.37. The van der Waals surface area contributed by atoms with Crippen LogP contribution in [-0.2, 0) is 0 Å². The van der Waals surface area contributed by atoms with Gasteiger partial charge in [0.15, 0.2) is 5.78 Å². The van der Waals surface area contributed by atoms with E-state index in [-0.39, 0.29) is 17.4 Å². The van der Waals surface area contributed by atoms with Crippen molar-refractivity contribution < 1.29 is 14.7 Å². The number of hydrogen-bond donors (Lipinski definition) is 3. The molecule has 0 saturated carbocycles. The molecule has 0 aliphatic carbocycles. The third kappa shape index (κ3) is 2.69. The highest BCUT2D eigenvalue weighted by atomic mass is 16.3. The van der Waals surface area contributed by atoms with Gasteiger partial charge < -0.3 is 15.4 Å². The minimum absolute atomic E-state index is 0.00206. The molecular weight excluding hydrogens is 280 g/mol. The summed E-state index contributed by atoms with van der Waals surface area (Å²) in [6.45, 7) is 1.52. The average Bonchev–Trinajstić information content (AvgIpc) is 2.88. The van der Waals surface area contributed by atoms with Crippen LogP contribution in [0.4, 0.5) is 5.82 Å². The van der Waals surface area contributed by atoms with E-state index in [1.807, 2.05) is 6.07 Å².